The van der Waals surface area contributed by atoms with Crippen molar-refractivity contribution in [3.05, 3.63) is 0 Å². The highest BCUT2D eigenvalue weighted by Gasteiger charge is 2.23. The summed E-state index contributed by atoms with van der Waals surface area (Å²) in [5.41, 5.74) is 5.67. The lowest BCUT2D eigenvalue weighted by atomic mass is 10.1. The van der Waals surface area contributed by atoms with E-state index in [1.54, 1.807) is 0 Å². The number of hydrogen-bond acceptors (Lipinski definition) is 5. The predicted molar refractivity (Wildman–Crippen MR) is 78.5 cm³/mol. The van der Waals surface area contributed by atoms with Crippen LogP contribution in [-0.2, 0) is 9.53 Å². The van der Waals surface area contributed by atoms with Crippen LogP contribution >= 0.6 is 0 Å². The van der Waals surface area contributed by atoms with Gasteiger partial charge in [0.1, 0.15) is 0 Å². The Bertz CT molecular complexity index is 300. The van der Waals surface area contributed by atoms with Crippen LogP contribution in [0.15, 0.2) is 0 Å². The molecule has 6 heteroatoms. The van der Waals surface area contributed by atoms with Crippen LogP contribution in [0.1, 0.15) is 6.92 Å². The van der Waals surface area contributed by atoms with Gasteiger partial charge in [-0.2, -0.15) is 0 Å². The monoisotopic (exact) mass is 284 g/mol. The van der Waals surface area contributed by atoms with Gasteiger partial charge in [0.15, 0.2) is 0 Å². The fourth-order valence-electron chi connectivity index (χ4n) is 2.75. The maximum Gasteiger partial charge on any atom is 0.236 e. The van der Waals surface area contributed by atoms with Gasteiger partial charge in [-0.25, -0.2) is 0 Å². The van der Waals surface area contributed by atoms with Crippen molar-refractivity contribution in [1.82, 2.24) is 14.7 Å². The minimum atomic E-state index is 0.247. The molecule has 116 valence electrons. The van der Waals surface area contributed by atoms with E-state index < -0.39 is 0 Å². The van der Waals surface area contributed by atoms with E-state index in [1.807, 2.05) is 4.90 Å². The van der Waals surface area contributed by atoms with Gasteiger partial charge >= 0.3 is 0 Å². The molecule has 20 heavy (non-hydrogen) atoms. The number of hydrogen-bond donors (Lipinski definition) is 1. The van der Waals surface area contributed by atoms with Crippen molar-refractivity contribution in [3.8, 4) is 0 Å². The minimum Gasteiger partial charge on any atom is -0.378 e. The number of morpholine rings is 1. The zero-order valence-electron chi connectivity index (χ0n) is 12.6. The average Bonchev–Trinajstić information content (AvgIpc) is 2.50. The lowest BCUT2D eigenvalue weighted by Crippen LogP contribution is -2.52. The van der Waals surface area contributed by atoms with Gasteiger partial charge in [-0.15, -0.1) is 0 Å². The summed E-state index contributed by atoms with van der Waals surface area (Å²) in [7, 11) is 0. The van der Waals surface area contributed by atoms with E-state index in [0.717, 1.165) is 52.4 Å². The first-order valence-electron chi connectivity index (χ1n) is 7.69. The Hall–Kier alpha value is -0.690. The molecule has 0 aromatic rings. The summed E-state index contributed by atoms with van der Waals surface area (Å²) >= 11 is 0. The molecule has 1 amide bonds. The van der Waals surface area contributed by atoms with E-state index in [-0.39, 0.29) is 5.91 Å². The Morgan fingerprint density at radius 2 is 1.70 bits per heavy atom. The second-order valence-electron chi connectivity index (χ2n) is 5.91. The molecular formula is C14H28N4O2. The lowest BCUT2D eigenvalue weighted by molar-refractivity contribution is -0.136. The third-order valence-electron chi connectivity index (χ3n) is 4.16. The van der Waals surface area contributed by atoms with Gasteiger partial charge in [0.25, 0.3) is 0 Å². The number of amides is 1. The molecule has 2 aliphatic rings. The Morgan fingerprint density at radius 1 is 1.10 bits per heavy atom. The Labute approximate surface area is 121 Å². The van der Waals surface area contributed by atoms with E-state index in [9.17, 15) is 4.79 Å². The summed E-state index contributed by atoms with van der Waals surface area (Å²) in [6.07, 6.45) is 0. The molecule has 2 N–H and O–H groups in total. The molecule has 2 saturated heterocycles. The van der Waals surface area contributed by atoms with Gasteiger partial charge in [0, 0.05) is 45.8 Å². The first-order chi connectivity index (χ1) is 9.69. The van der Waals surface area contributed by atoms with Gasteiger partial charge in [-0.05, 0) is 12.5 Å². The molecule has 0 saturated carbocycles. The maximum absolute atomic E-state index is 12.2. The molecule has 2 rings (SSSR count). The molecule has 0 aliphatic carbocycles. The van der Waals surface area contributed by atoms with Gasteiger partial charge in [0.2, 0.25) is 5.91 Å². The number of piperazine rings is 1. The van der Waals surface area contributed by atoms with Crippen molar-refractivity contribution in [3.63, 3.8) is 0 Å². The first-order valence-corrected chi connectivity index (χ1v) is 7.69. The highest BCUT2D eigenvalue weighted by molar-refractivity contribution is 5.78. The number of nitrogens with two attached hydrogens (primary N) is 1. The molecule has 1 unspecified atom stereocenters. The van der Waals surface area contributed by atoms with Gasteiger partial charge in [-0.3, -0.25) is 9.69 Å². The van der Waals surface area contributed by atoms with Crippen LogP contribution < -0.4 is 5.73 Å². The van der Waals surface area contributed by atoms with Crippen LogP contribution in [0, 0.1) is 5.92 Å². The largest absolute Gasteiger partial charge is 0.378 e. The second-order valence-corrected chi connectivity index (χ2v) is 5.91. The van der Waals surface area contributed by atoms with E-state index in [1.165, 1.54) is 0 Å². The van der Waals surface area contributed by atoms with Gasteiger partial charge in [-0.1, -0.05) is 6.92 Å². The van der Waals surface area contributed by atoms with Crippen LogP contribution in [-0.4, -0.2) is 92.7 Å². The molecule has 1 atom stereocenters. The smallest absolute Gasteiger partial charge is 0.236 e. The zero-order chi connectivity index (χ0) is 14.4. The number of carbonyl (C=O) groups is 1. The molecule has 0 aromatic heterocycles. The molecule has 0 radical (unpaired) electrons. The van der Waals surface area contributed by atoms with Crippen molar-refractivity contribution in [2.75, 3.05) is 72.1 Å². The summed E-state index contributed by atoms with van der Waals surface area (Å²) in [4.78, 5) is 18.8. The summed E-state index contributed by atoms with van der Waals surface area (Å²) in [5, 5.41) is 0. The quantitative estimate of drug-likeness (QED) is 0.706. The molecule has 0 bridgehead atoms. The minimum absolute atomic E-state index is 0.247. The van der Waals surface area contributed by atoms with Crippen LogP contribution in [0.25, 0.3) is 0 Å². The van der Waals surface area contributed by atoms with Crippen LogP contribution in [0.3, 0.4) is 0 Å². The summed E-state index contributed by atoms with van der Waals surface area (Å²) in [5.74, 6) is 0.800. The Morgan fingerprint density at radius 3 is 2.30 bits per heavy atom. The van der Waals surface area contributed by atoms with Crippen molar-refractivity contribution >= 4 is 5.91 Å². The molecule has 6 nitrogen and oxygen atoms in total. The zero-order valence-corrected chi connectivity index (χ0v) is 12.6. The van der Waals surface area contributed by atoms with Gasteiger partial charge in [0.05, 0.1) is 19.8 Å². The highest BCUT2D eigenvalue weighted by atomic mass is 16.5. The summed E-state index contributed by atoms with van der Waals surface area (Å²) in [6, 6.07) is 0. The number of rotatable bonds is 5. The van der Waals surface area contributed by atoms with Gasteiger partial charge < -0.3 is 20.3 Å². The Balaban J connectivity index is 1.67. The average molecular weight is 284 g/mol. The predicted octanol–water partition coefficient (Wildman–Crippen LogP) is -0.942. The molecule has 2 aliphatic heterocycles. The van der Waals surface area contributed by atoms with Crippen molar-refractivity contribution < 1.29 is 9.53 Å². The number of ether oxygens (including phenoxy) is 1. The standard InChI is InChI=1S/C14H28N4O2/c1-13(10-15)11-16-2-4-17(5-3-16)12-14(19)18-6-8-20-9-7-18/h13H,2-12,15H2,1H3. The van der Waals surface area contributed by atoms with Crippen LogP contribution in [0.4, 0.5) is 0 Å². The van der Waals surface area contributed by atoms with E-state index in [0.29, 0.717) is 25.7 Å². The highest BCUT2D eigenvalue weighted by Crippen LogP contribution is 2.06. The topological polar surface area (TPSA) is 62.0 Å². The fraction of sp³-hybridized carbons (Fsp3) is 0.929. The number of carbonyl (C=O) groups excluding carboxylic acids is 1. The maximum atomic E-state index is 12.2. The second kappa shape index (κ2) is 7.93. The fourth-order valence-corrected chi connectivity index (χ4v) is 2.75. The third-order valence-corrected chi connectivity index (χ3v) is 4.16. The summed E-state index contributed by atoms with van der Waals surface area (Å²) < 4.78 is 5.28. The van der Waals surface area contributed by atoms with Crippen molar-refractivity contribution in [1.29, 1.82) is 0 Å². The SMILES string of the molecule is CC(CN)CN1CCN(CC(=O)N2CCOCC2)CC1. The third kappa shape index (κ3) is 4.70. The molecule has 2 heterocycles. The number of nitrogens with zero attached hydrogens (tertiary/aromatic N) is 3. The van der Waals surface area contributed by atoms with Crippen LogP contribution in [0.5, 0.6) is 0 Å². The molecular weight excluding hydrogens is 256 g/mol. The van der Waals surface area contributed by atoms with E-state index in [4.69, 9.17) is 10.5 Å². The van der Waals surface area contributed by atoms with Crippen molar-refractivity contribution in [2.24, 2.45) is 11.7 Å². The molecule has 2 fully saturated rings. The molecule has 0 spiro atoms. The van der Waals surface area contributed by atoms with Crippen LogP contribution in [0.2, 0.25) is 0 Å². The van der Waals surface area contributed by atoms with E-state index >= 15 is 0 Å². The lowest BCUT2D eigenvalue weighted by Gasteiger charge is -2.36. The van der Waals surface area contributed by atoms with Crippen molar-refractivity contribution in [2.45, 2.75) is 6.92 Å². The van der Waals surface area contributed by atoms with E-state index in [2.05, 4.69) is 16.7 Å². The normalized spacial score (nSPS) is 23.8. The summed E-state index contributed by atoms with van der Waals surface area (Å²) in [6.45, 7) is 11.4. The first kappa shape index (κ1) is 15.7. The Kier molecular flexibility index (Phi) is 6.22. The molecule has 0 aromatic carbocycles.